The highest BCUT2D eigenvalue weighted by atomic mass is 19.3. The molecule has 1 aliphatic heterocycles. The fraction of sp³-hybridized carbons (Fsp3) is 0.364. The molecule has 0 N–H and O–H groups in total. The quantitative estimate of drug-likeness (QED) is 0.610. The summed E-state index contributed by atoms with van der Waals surface area (Å²) in [6.45, 7) is 3.79. The lowest BCUT2D eigenvalue weighted by Gasteiger charge is -2.36. The van der Waals surface area contributed by atoms with Gasteiger partial charge >= 0.3 is 0 Å². The fourth-order valence-electron chi connectivity index (χ4n) is 3.77. The number of methoxy groups -OCH3 is 2. The van der Waals surface area contributed by atoms with Crippen molar-refractivity contribution in [1.29, 1.82) is 0 Å². The highest BCUT2D eigenvalue weighted by molar-refractivity contribution is 5.89. The summed E-state index contributed by atoms with van der Waals surface area (Å²) in [6, 6.07) is 13.2. The van der Waals surface area contributed by atoms with Crippen molar-refractivity contribution in [3.63, 3.8) is 0 Å². The van der Waals surface area contributed by atoms with E-state index < -0.39 is 12.2 Å². The monoisotopic (exact) mass is 414 g/mol. The largest absolute Gasteiger partial charge is 0.493 e. The summed E-state index contributed by atoms with van der Waals surface area (Å²) in [5.74, 6) is 1.58. The second-order valence-corrected chi connectivity index (χ2v) is 7.18. The zero-order valence-corrected chi connectivity index (χ0v) is 17.0. The second-order valence-electron chi connectivity index (χ2n) is 7.18. The fourth-order valence-corrected chi connectivity index (χ4v) is 3.77. The van der Waals surface area contributed by atoms with Crippen LogP contribution in [0.3, 0.4) is 0 Å². The van der Waals surface area contributed by atoms with Crippen LogP contribution in [-0.2, 0) is 6.54 Å². The molecule has 0 amide bonds. The van der Waals surface area contributed by atoms with Crippen LogP contribution < -0.4 is 14.4 Å². The van der Waals surface area contributed by atoms with Crippen LogP contribution in [0.25, 0.3) is 10.9 Å². The molecular formula is C22H24F2N4O2. The number of halogens is 2. The van der Waals surface area contributed by atoms with Gasteiger partial charge in [0.15, 0.2) is 17.3 Å². The van der Waals surface area contributed by atoms with Crippen molar-refractivity contribution in [3.05, 3.63) is 53.9 Å². The Hall–Kier alpha value is -3.00. The highest BCUT2D eigenvalue weighted by Crippen LogP contribution is 2.30. The number of hydrogen-bond donors (Lipinski definition) is 0. The lowest BCUT2D eigenvalue weighted by molar-refractivity contribution is 0.141. The number of nitrogens with zero attached hydrogens (tertiary/aromatic N) is 4. The molecule has 30 heavy (non-hydrogen) atoms. The molecule has 2 aromatic carbocycles. The Morgan fingerprint density at radius 1 is 0.933 bits per heavy atom. The second kappa shape index (κ2) is 8.79. The molecule has 0 atom stereocenters. The van der Waals surface area contributed by atoms with E-state index in [1.54, 1.807) is 26.4 Å². The first-order chi connectivity index (χ1) is 14.6. The lowest BCUT2D eigenvalue weighted by Crippen LogP contribution is -2.46. The van der Waals surface area contributed by atoms with Crippen LogP contribution in [-0.4, -0.2) is 55.3 Å². The van der Waals surface area contributed by atoms with Gasteiger partial charge in [0.1, 0.15) is 5.82 Å². The molecule has 0 radical (unpaired) electrons. The average Bonchev–Trinajstić information content (AvgIpc) is 2.78. The van der Waals surface area contributed by atoms with Crippen LogP contribution >= 0.6 is 0 Å². The molecule has 8 heteroatoms. The third-order valence-corrected chi connectivity index (χ3v) is 5.32. The summed E-state index contributed by atoms with van der Waals surface area (Å²) in [5, 5.41) is 0.801. The first-order valence-electron chi connectivity index (χ1n) is 9.82. The van der Waals surface area contributed by atoms with Gasteiger partial charge in [0.25, 0.3) is 6.43 Å². The predicted molar refractivity (Wildman–Crippen MR) is 112 cm³/mol. The van der Waals surface area contributed by atoms with Crippen LogP contribution in [0.5, 0.6) is 11.5 Å². The van der Waals surface area contributed by atoms with Gasteiger partial charge in [0.05, 0.1) is 19.7 Å². The molecule has 0 unspecified atom stereocenters. The molecule has 4 rings (SSSR count). The normalized spacial score (nSPS) is 15.0. The Bertz CT molecular complexity index is 1020. The summed E-state index contributed by atoms with van der Waals surface area (Å²) in [4.78, 5) is 12.6. The molecule has 0 bridgehead atoms. The number of anilines is 1. The Morgan fingerprint density at radius 2 is 1.67 bits per heavy atom. The summed E-state index contributed by atoms with van der Waals surface area (Å²) in [5.41, 5.74) is 1.68. The number of hydrogen-bond acceptors (Lipinski definition) is 6. The van der Waals surface area contributed by atoms with Crippen molar-refractivity contribution < 1.29 is 18.3 Å². The summed E-state index contributed by atoms with van der Waals surface area (Å²) in [7, 11) is 3.24. The number of alkyl halides is 2. The van der Waals surface area contributed by atoms with Crippen molar-refractivity contribution >= 4 is 16.7 Å². The van der Waals surface area contributed by atoms with Gasteiger partial charge in [-0.3, -0.25) is 4.90 Å². The van der Waals surface area contributed by atoms with Crippen LogP contribution in [0.15, 0.2) is 42.5 Å². The molecule has 0 spiro atoms. The van der Waals surface area contributed by atoms with E-state index in [0.717, 1.165) is 30.6 Å². The van der Waals surface area contributed by atoms with Gasteiger partial charge in [-0.2, -0.15) is 0 Å². The van der Waals surface area contributed by atoms with Crippen molar-refractivity contribution in [3.8, 4) is 11.5 Å². The van der Waals surface area contributed by atoms with E-state index in [0.29, 0.717) is 35.9 Å². The summed E-state index contributed by atoms with van der Waals surface area (Å²) < 4.78 is 37.3. The van der Waals surface area contributed by atoms with Gasteiger partial charge in [0, 0.05) is 38.1 Å². The number of rotatable bonds is 6. The van der Waals surface area contributed by atoms with Crippen LogP contribution in [0.4, 0.5) is 14.6 Å². The van der Waals surface area contributed by atoms with Crippen LogP contribution in [0.1, 0.15) is 17.8 Å². The molecule has 1 saturated heterocycles. The maximum Gasteiger partial charge on any atom is 0.297 e. The zero-order valence-electron chi connectivity index (χ0n) is 17.0. The van der Waals surface area contributed by atoms with Crippen LogP contribution in [0.2, 0.25) is 0 Å². The molecule has 6 nitrogen and oxygen atoms in total. The average molecular weight is 414 g/mol. The van der Waals surface area contributed by atoms with Crippen LogP contribution in [0, 0.1) is 0 Å². The number of piperazine rings is 1. The molecule has 158 valence electrons. The van der Waals surface area contributed by atoms with Crippen molar-refractivity contribution in [1.82, 2.24) is 14.9 Å². The minimum Gasteiger partial charge on any atom is -0.493 e. The number of ether oxygens (including phenoxy) is 2. The lowest BCUT2D eigenvalue weighted by atomic mass is 10.1. The maximum atomic E-state index is 13.3. The Balaban J connectivity index is 1.49. The number of fused-ring (bicyclic) bond motifs is 1. The first kappa shape index (κ1) is 20.3. The van der Waals surface area contributed by atoms with Gasteiger partial charge in [-0.1, -0.05) is 18.2 Å². The molecule has 0 saturated carbocycles. The Kier molecular flexibility index (Phi) is 5.94. The Morgan fingerprint density at radius 3 is 2.37 bits per heavy atom. The smallest absolute Gasteiger partial charge is 0.297 e. The Labute approximate surface area is 174 Å². The minimum absolute atomic E-state index is 0.420. The van der Waals surface area contributed by atoms with Gasteiger partial charge in [-0.25, -0.2) is 18.7 Å². The molecule has 1 aliphatic rings. The number of para-hydroxylation sites is 1. The van der Waals surface area contributed by atoms with Crippen molar-refractivity contribution in [2.24, 2.45) is 0 Å². The van der Waals surface area contributed by atoms with Crippen molar-refractivity contribution in [2.75, 3.05) is 45.3 Å². The van der Waals surface area contributed by atoms with E-state index in [2.05, 4.69) is 19.8 Å². The van der Waals surface area contributed by atoms with Gasteiger partial charge in [-0.15, -0.1) is 0 Å². The van der Waals surface area contributed by atoms with E-state index in [1.165, 1.54) is 0 Å². The van der Waals surface area contributed by atoms with Crippen molar-refractivity contribution in [2.45, 2.75) is 13.0 Å². The minimum atomic E-state index is -2.69. The topological polar surface area (TPSA) is 50.7 Å². The number of aromatic nitrogens is 2. The van der Waals surface area contributed by atoms with Gasteiger partial charge in [-0.05, 0) is 29.8 Å². The molecule has 1 aromatic heterocycles. The summed E-state index contributed by atoms with van der Waals surface area (Å²) in [6.07, 6.45) is -2.69. The standard InChI is InChI=1S/C22H24F2N4O2/c1-29-18-8-7-15(13-19(18)30-2)14-27-9-11-28(12-10-27)22-16-5-3-4-6-17(16)25-21(26-22)20(23)24/h3-8,13,20H,9-12,14H2,1-2H3. The maximum absolute atomic E-state index is 13.3. The van der Waals surface area contributed by atoms with E-state index in [4.69, 9.17) is 9.47 Å². The molecular weight excluding hydrogens is 390 g/mol. The van der Waals surface area contributed by atoms with E-state index in [9.17, 15) is 8.78 Å². The highest BCUT2D eigenvalue weighted by Gasteiger charge is 2.23. The SMILES string of the molecule is COc1ccc(CN2CCN(c3nc(C(F)F)nc4ccccc34)CC2)cc1OC. The molecule has 1 fully saturated rings. The third-order valence-electron chi connectivity index (χ3n) is 5.32. The molecule has 2 heterocycles. The third kappa shape index (κ3) is 4.14. The molecule has 3 aromatic rings. The zero-order chi connectivity index (χ0) is 21.1. The van der Waals surface area contributed by atoms with E-state index in [1.807, 2.05) is 30.3 Å². The van der Waals surface area contributed by atoms with E-state index >= 15 is 0 Å². The predicted octanol–water partition coefficient (Wildman–Crippen LogP) is 3.91. The summed E-state index contributed by atoms with van der Waals surface area (Å²) >= 11 is 0. The van der Waals surface area contributed by atoms with E-state index in [-0.39, 0.29) is 0 Å². The first-order valence-corrected chi connectivity index (χ1v) is 9.82. The molecule has 0 aliphatic carbocycles. The van der Waals surface area contributed by atoms with Gasteiger partial charge in [0.2, 0.25) is 0 Å². The number of benzene rings is 2. The van der Waals surface area contributed by atoms with Gasteiger partial charge < -0.3 is 14.4 Å².